The summed E-state index contributed by atoms with van der Waals surface area (Å²) in [5, 5.41) is 5.34. The molecule has 0 radical (unpaired) electrons. The lowest BCUT2D eigenvalue weighted by Crippen LogP contribution is -2.09. The summed E-state index contributed by atoms with van der Waals surface area (Å²) in [7, 11) is 1.57. The van der Waals surface area contributed by atoms with E-state index in [-0.39, 0.29) is 5.75 Å². The van der Waals surface area contributed by atoms with Crippen LogP contribution in [0.25, 0.3) is 21.8 Å². The Labute approximate surface area is 183 Å². The third kappa shape index (κ3) is 3.71. The van der Waals surface area contributed by atoms with Gasteiger partial charge in [-0.2, -0.15) is 5.10 Å². The number of aromatic amines is 1. The Bertz CT molecular complexity index is 1400. The molecule has 0 aliphatic heterocycles. The molecule has 5 aromatic rings. The summed E-state index contributed by atoms with van der Waals surface area (Å²) in [4.78, 5) is 7.55. The number of halogens is 1. The lowest BCUT2D eigenvalue weighted by Gasteiger charge is -2.14. The van der Waals surface area contributed by atoms with Gasteiger partial charge in [0.05, 0.1) is 19.2 Å². The number of nitrogens with zero attached hydrogens (tertiary/aromatic N) is 3. The van der Waals surface area contributed by atoms with Crippen LogP contribution >= 0.6 is 0 Å². The maximum atomic E-state index is 15.0. The highest BCUT2D eigenvalue weighted by molar-refractivity contribution is 5.89. The van der Waals surface area contributed by atoms with Crippen LogP contribution in [-0.4, -0.2) is 33.5 Å². The molecule has 7 nitrogen and oxygen atoms in total. The molecule has 0 saturated heterocycles. The van der Waals surface area contributed by atoms with Crippen molar-refractivity contribution in [3.05, 3.63) is 72.6 Å². The molecule has 3 aromatic heterocycles. The fourth-order valence-electron chi connectivity index (χ4n) is 3.66. The van der Waals surface area contributed by atoms with Crippen molar-refractivity contribution >= 4 is 21.8 Å². The Hall–Kier alpha value is -4.07. The largest absolute Gasteiger partial charge is 0.493 e. The fourth-order valence-corrected chi connectivity index (χ4v) is 3.66. The molecule has 32 heavy (non-hydrogen) atoms. The number of nitrogens with one attached hydrogen (secondary N) is 1. The van der Waals surface area contributed by atoms with Crippen molar-refractivity contribution in [2.24, 2.45) is 0 Å². The summed E-state index contributed by atoms with van der Waals surface area (Å²) in [6.45, 7) is 2.91. The summed E-state index contributed by atoms with van der Waals surface area (Å²) < 4.78 is 34.2. The van der Waals surface area contributed by atoms with Crippen molar-refractivity contribution in [1.82, 2.24) is 19.7 Å². The Balaban J connectivity index is 1.46. The number of methoxy groups -OCH3 is 1. The second-order valence-corrected chi connectivity index (χ2v) is 7.34. The molecule has 0 aliphatic rings. The number of fused-ring (bicyclic) bond motifs is 2. The van der Waals surface area contributed by atoms with Gasteiger partial charge in [-0.1, -0.05) is 0 Å². The van der Waals surface area contributed by atoms with E-state index in [0.717, 1.165) is 11.2 Å². The minimum Gasteiger partial charge on any atom is -0.493 e. The van der Waals surface area contributed by atoms with E-state index in [0.29, 0.717) is 46.7 Å². The third-order valence-electron chi connectivity index (χ3n) is 5.18. The van der Waals surface area contributed by atoms with Gasteiger partial charge in [0.1, 0.15) is 12.4 Å². The van der Waals surface area contributed by atoms with E-state index in [9.17, 15) is 0 Å². The molecule has 0 bridgehead atoms. The van der Waals surface area contributed by atoms with Crippen LogP contribution < -0.4 is 14.2 Å². The summed E-state index contributed by atoms with van der Waals surface area (Å²) >= 11 is 0. The first kappa shape index (κ1) is 19.9. The molecular formula is C24H21FN4O3. The molecule has 0 unspecified atom stereocenters. The summed E-state index contributed by atoms with van der Waals surface area (Å²) in [5.74, 6) is 1.30. The van der Waals surface area contributed by atoms with Gasteiger partial charge in [-0.25, -0.2) is 4.39 Å². The molecule has 162 valence electrons. The molecule has 0 aliphatic carbocycles. The SMILES string of the molecule is COc1cc2c(Oc3ccc4[nH]c(C)cc4c3F)ccnc2cc1OCCn1cccn1. The van der Waals surface area contributed by atoms with E-state index in [1.54, 1.807) is 60.6 Å². The first-order valence-corrected chi connectivity index (χ1v) is 10.1. The van der Waals surface area contributed by atoms with E-state index in [1.165, 1.54) is 0 Å². The van der Waals surface area contributed by atoms with Crippen LogP contribution in [0.5, 0.6) is 23.0 Å². The number of H-pyrrole nitrogens is 1. The van der Waals surface area contributed by atoms with Crippen molar-refractivity contribution in [3.63, 3.8) is 0 Å². The number of ether oxygens (including phenoxy) is 3. The average molecular weight is 432 g/mol. The van der Waals surface area contributed by atoms with Gasteiger partial charge >= 0.3 is 0 Å². The zero-order chi connectivity index (χ0) is 22.1. The maximum absolute atomic E-state index is 15.0. The van der Waals surface area contributed by atoms with Gasteiger partial charge in [0.25, 0.3) is 0 Å². The molecule has 5 rings (SSSR count). The van der Waals surface area contributed by atoms with Gasteiger partial charge in [0, 0.05) is 46.6 Å². The van der Waals surface area contributed by atoms with E-state index in [1.807, 2.05) is 19.2 Å². The van der Waals surface area contributed by atoms with Crippen LogP contribution in [-0.2, 0) is 6.54 Å². The molecule has 0 fully saturated rings. The highest BCUT2D eigenvalue weighted by Crippen LogP contribution is 2.38. The van der Waals surface area contributed by atoms with Crippen LogP contribution in [0.4, 0.5) is 4.39 Å². The van der Waals surface area contributed by atoms with Gasteiger partial charge in [-0.05, 0) is 43.3 Å². The predicted molar refractivity (Wildman–Crippen MR) is 119 cm³/mol. The number of benzene rings is 2. The van der Waals surface area contributed by atoms with Crippen LogP contribution in [0.3, 0.4) is 0 Å². The number of aryl methyl sites for hydroxylation is 1. The smallest absolute Gasteiger partial charge is 0.175 e. The van der Waals surface area contributed by atoms with Crippen molar-refractivity contribution < 1.29 is 18.6 Å². The molecule has 0 atom stereocenters. The number of pyridine rings is 1. The van der Waals surface area contributed by atoms with Crippen LogP contribution in [0, 0.1) is 12.7 Å². The zero-order valence-electron chi connectivity index (χ0n) is 17.6. The van der Waals surface area contributed by atoms with Gasteiger partial charge in [-0.15, -0.1) is 0 Å². The Morgan fingerprint density at radius 2 is 1.91 bits per heavy atom. The van der Waals surface area contributed by atoms with Crippen LogP contribution in [0.15, 0.2) is 61.1 Å². The Morgan fingerprint density at radius 1 is 1.00 bits per heavy atom. The van der Waals surface area contributed by atoms with Gasteiger partial charge in [0.2, 0.25) is 0 Å². The van der Waals surface area contributed by atoms with E-state index < -0.39 is 5.82 Å². The number of aromatic nitrogens is 4. The van der Waals surface area contributed by atoms with Gasteiger partial charge < -0.3 is 19.2 Å². The van der Waals surface area contributed by atoms with Gasteiger partial charge in [-0.3, -0.25) is 9.67 Å². The van der Waals surface area contributed by atoms with Crippen molar-refractivity contribution in [3.8, 4) is 23.0 Å². The monoisotopic (exact) mass is 432 g/mol. The normalized spacial score (nSPS) is 11.2. The molecule has 0 saturated carbocycles. The molecule has 0 amide bonds. The highest BCUT2D eigenvalue weighted by Gasteiger charge is 2.15. The molecule has 1 N–H and O–H groups in total. The first-order chi connectivity index (χ1) is 15.6. The zero-order valence-corrected chi connectivity index (χ0v) is 17.6. The Morgan fingerprint density at radius 3 is 2.72 bits per heavy atom. The second-order valence-electron chi connectivity index (χ2n) is 7.34. The van der Waals surface area contributed by atoms with E-state index >= 15 is 4.39 Å². The minimum absolute atomic E-state index is 0.141. The summed E-state index contributed by atoms with van der Waals surface area (Å²) in [6, 6.07) is 12.3. The number of hydrogen-bond donors (Lipinski definition) is 1. The molecule has 3 heterocycles. The lowest BCUT2D eigenvalue weighted by molar-refractivity contribution is 0.275. The van der Waals surface area contributed by atoms with Gasteiger partial charge in [0.15, 0.2) is 23.1 Å². The maximum Gasteiger partial charge on any atom is 0.175 e. The minimum atomic E-state index is -0.414. The molecule has 2 aromatic carbocycles. The number of hydrogen-bond acceptors (Lipinski definition) is 5. The second kappa shape index (κ2) is 8.22. The van der Waals surface area contributed by atoms with E-state index in [4.69, 9.17) is 14.2 Å². The lowest BCUT2D eigenvalue weighted by atomic mass is 10.1. The van der Waals surface area contributed by atoms with Crippen LogP contribution in [0.2, 0.25) is 0 Å². The predicted octanol–water partition coefficient (Wildman–Crippen LogP) is 5.24. The average Bonchev–Trinajstić information content (AvgIpc) is 3.45. The summed E-state index contributed by atoms with van der Waals surface area (Å²) in [5.41, 5.74) is 2.26. The van der Waals surface area contributed by atoms with Crippen molar-refractivity contribution in [2.75, 3.05) is 13.7 Å². The molecule has 8 heteroatoms. The van der Waals surface area contributed by atoms with Crippen LogP contribution in [0.1, 0.15) is 5.69 Å². The molecular weight excluding hydrogens is 411 g/mol. The standard InChI is InChI=1S/C24H21FN4O3/c1-15-12-17-18(28-15)4-5-21(24(17)25)32-20-6-8-26-19-14-23(22(30-2)13-16(19)20)31-11-10-29-9-3-7-27-29/h3-9,12-14,28H,10-11H2,1-2H3. The fraction of sp³-hybridized carbons (Fsp3) is 0.167. The van der Waals surface area contributed by atoms with Crippen molar-refractivity contribution in [1.29, 1.82) is 0 Å². The first-order valence-electron chi connectivity index (χ1n) is 10.1. The Kier molecular flexibility index (Phi) is 5.10. The topological polar surface area (TPSA) is 74.2 Å². The highest BCUT2D eigenvalue weighted by atomic mass is 19.1. The van der Waals surface area contributed by atoms with E-state index in [2.05, 4.69) is 15.1 Å². The summed E-state index contributed by atoms with van der Waals surface area (Å²) in [6.07, 6.45) is 5.21. The quantitative estimate of drug-likeness (QED) is 0.381. The number of rotatable bonds is 7. The molecule has 0 spiro atoms. The third-order valence-corrected chi connectivity index (χ3v) is 5.18. The van der Waals surface area contributed by atoms with Crippen molar-refractivity contribution in [2.45, 2.75) is 13.5 Å².